The lowest BCUT2D eigenvalue weighted by Gasteiger charge is -2.37. The van der Waals surface area contributed by atoms with Crippen molar-refractivity contribution in [2.45, 2.75) is 47.0 Å². The number of aryl methyl sites for hydroxylation is 3. The van der Waals surface area contributed by atoms with Crippen LogP contribution in [-0.2, 0) is 28.8 Å². The third-order valence-electron chi connectivity index (χ3n) is 6.28. The molecule has 3 nitrogen and oxygen atoms in total. The van der Waals surface area contributed by atoms with Crippen LogP contribution in [0, 0.1) is 0 Å². The van der Waals surface area contributed by atoms with Gasteiger partial charge in [0.15, 0.2) is 0 Å². The fourth-order valence-corrected chi connectivity index (χ4v) is 4.19. The van der Waals surface area contributed by atoms with Crippen LogP contribution in [0.5, 0.6) is 0 Å². The van der Waals surface area contributed by atoms with Crippen molar-refractivity contribution in [3.63, 3.8) is 0 Å². The SMILES string of the molecule is CCc1ccc([N+](CC=CCOC(C)=O)(c2ccc(CC)cc2)c2ccc(CC)cc2)cc1. The van der Waals surface area contributed by atoms with E-state index in [4.69, 9.17) is 4.74 Å². The van der Waals surface area contributed by atoms with E-state index < -0.39 is 0 Å². The molecule has 0 saturated carbocycles. The average molecular weight is 443 g/mol. The molecule has 0 heterocycles. The molecule has 0 radical (unpaired) electrons. The summed E-state index contributed by atoms with van der Waals surface area (Å²) >= 11 is 0. The zero-order valence-electron chi connectivity index (χ0n) is 20.4. The molecule has 0 aliphatic heterocycles. The Morgan fingerprint density at radius 2 is 1.03 bits per heavy atom. The van der Waals surface area contributed by atoms with Gasteiger partial charge in [-0.25, -0.2) is 4.48 Å². The van der Waals surface area contributed by atoms with E-state index in [0.29, 0.717) is 11.0 Å². The second kappa shape index (κ2) is 11.6. The minimum Gasteiger partial charge on any atom is -0.462 e. The van der Waals surface area contributed by atoms with Gasteiger partial charge < -0.3 is 4.74 Å². The number of rotatable bonds is 10. The molecule has 33 heavy (non-hydrogen) atoms. The Hall–Kier alpha value is -3.17. The molecule has 0 aliphatic rings. The van der Waals surface area contributed by atoms with E-state index in [9.17, 15) is 4.79 Å². The Labute approximate surface area is 198 Å². The summed E-state index contributed by atoms with van der Waals surface area (Å²) in [6.07, 6.45) is 7.10. The van der Waals surface area contributed by atoms with Crippen LogP contribution >= 0.6 is 0 Å². The van der Waals surface area contributed by atoms with Crippen LogP contribution in [0.4, 0.5) is 17.1 Å². The van der Waals surface area contributed by atoms with Gasteiger partial charge in [0.1, 0.15) is 30.2 Å². The molecule has 3 aromatic carbocycles. The molecule has 0 aliphatic carbocycles. The molecule has 0 fully saturated rings. The lowest BCUT2D eigenvalue weighted by molar-refractivity contribution is -0.139. The van der Waals surface area contributed by atoms with E-state index in [-0.39, 0.29) is 12.6 Å². The summed E-state index contributed by atoms with van der Waals surface area (Å²) in [5.74, 6) is -0.263. The van der Waals surface area contributed by atoms with Crippen molar-refractivity contribution < 1.29 is 9.53 Å². The van der Waals surface area contributed by atoms with E-state index in [1.807, 2.05) is 6.08 Å². The Morgan fingerprint density at radius 1 is 0.667 bits per heavy atom. The number of ether oxygens (including phenoxy) is 1. The number of quaternary nitrogens is 1. The first-order valence-electron chi connectivity index (χ1n) is 12.0. The standard InChI is InChI=1S/C30H36NO2/c1-5-25-10-16-28(17-11-25)31(22-8-9-23-33-24(4)32,29-18-12-26(6-2)13-19-29)30-20-14-27(7-3)15-21-30/h8-21H,5-7,22-23H2,1-4H3/q+1. The number of hydrogen-bond acceptors (Lipinski definition) is 2. The highest BCUT2D eigenvalue weighted by Gasteiger charge is 2.35. The van der Waals surface area contributed by atoms with Gasteiger partial charge in [0, 0.05) is 43.3 Å². The quantitative estimate of drug-likeness (QED) is 0.185. The summed E-state index contributed by atoms with van der Waals surface area (Å²) in [6, 6.07) is 26.9. The van der Waals surface area contributed by atoms with Crippen molar-refractivity contribution in [1.29, 1.82) is 0 Å². The highest BCUT2D eigenvalue weighted by molar-refractivity contribution is 5.72. The fraction of sp³-hybridized carbons (Fsp3) is 0.300. The number of carbonyl (C=O) groups excluding carboxylic acids is 1. The summed E-state index contributed by atoms with van der Waals surface area (Å²) in [5, 5.41) is 0. The van der Waals surface area contributed by atoms with Crippen LogP contribution in [0.3, 0.4) is 0 Å². The molecule has 0 spiro atoms. The lowest BCUT2D eigenvalue weighted by Crippen LogP contribution is -2.39. The van der Waals surface area contributed by atoms with Crippen LogP contribution in [0.25, 0.3) is 0 Å². The van der Waals surface area contributed by atoms with Gasteiger partial charge in [-0.2, -0.15) is 0 Å². The van der Waals surface area contributed by atoms with Crippen LogP contribution in [0.15, 0.2) is 84.9 Å². The lowest BCUT2D eigenvalue weighted by atomic mass is 10.0. The summed E-state index contributed by atoms with van der Waals surface area (Å²) in [4.78, 5) is 11.2. The maximum Gasteiger partial charge on any atom is 0.302 e. The first-order valence-corrected chi connectivity index (χ1v) is 12.0. The highest BCUT2D eigenvalue weighted by Crippen LogP contribution is 2.44. The van der Waals surface area contributed by atoms with Crippen molar-refractivity contribution in [2.75, 3.05) is 13.2 Å². The summed E-state index contributed by atoms with van der Waals surface area (Å²) in [5.41, 5.74) is 7.59. The van der Waals surface area contributed by atoms with Crippen LogP contribution in [-0.4, -0.2) is 19.1 Å². The largest absolute Gasteiger partial charge is 0.462 e. The molecule has 0 atom stereocenters. The van der Waals surface area contributed by atoms with E-state index in [0.717, 1.165) is 19.3 Å². The molecule has 3 aromatic rings. The normalized spacial score (nSPS) is 11.6. The topological polar surface area (TPSA) is 26.3 Å². The molecule has 0 saturated heterocycles. The van der Waals surface area contributed by atoms with Gasteiger partial charge in [-0.3, -0.25) is 4.79 Å². The highest BCUT2D eigenvalue weighted by atomic mass is 16.5. The molecular weight excluding hydrogens is 406 g/mol. The minimum absolute atomic E-state index is 0.263. The van der Waals surface area contributed by atoms with Crippen LogP contribution < -0.4 is 4.48 Å². The molecule has 0 N–H and O–H groups in total. The molecule has 3 rings (SSSR count). The van der Waals surface area contributed by atoms with Gasteiger partial charge in [-0.05, 0) is 48.1 Å². The third-order valence-corrected chi connectivity index (χ3v) is 6.28. The molecule has 0 unspecified atom stereocenters. The van der Waals surface area contributed by atoms with E-state index in [2.05, 4.69) is 99.6 Å². The first-order chi connectivity index (χ1) is 16.0. The van der Waals surface area contributed by atoms with Crippen LogP contribution in [0.2, 0.25) is 0 Å². The Kier molecular flexibility index (Phi) is 8.62. The monoisotopic (exact) mass is 442 g/mol. The fourth-order valence-electron chi connectivity index (χ4n) is 4.19. The molecule has 172 valence electrons. The maximum absolute atomic E-state index is 11.2. The van der Waals surface area contributed by atoms with Gasteiger partial charge in [0.25, 0.3) is 0 Å². The maximum atomic E-state index is 11.2. The second-order valence-corrected chi connectivity index (χ2v) is 8.33. The van der Waals surface area contributed by atoms with Crippen molar-refractivity contribution in [3.8, 4) is 0 Å². The zero-order valence-corrected chi connectivity index (χ0v) is 20.4. The zero-order chi connectivity index (χ0) is 23.7. The number of carbonyl (C=O) groups is 1. The minimum atomic E-state index is -0.263. The van der Waals surface area contributed by atoms with Crippen molar-refractivity contribution in [2.24, 2.45) is 0 Å². The van der Waals surface area contributed by atoms with Crippen molar-refractivity contribution in [1.82, 2.24) is 4.48 Å². The van der Waals surface area contributed by atoms with Crippen molar-refractivity contribution in [3.05, 3.63) is 102 Å². The molecule has 3 heteroatoms. The smallest absolute Gasteiger partial charge is 0.302 e. The number of benzene rings is 3. The number of nitrogens with zero attached hydrogens (tertiary/aromatic N) is 1. The van der Waals surface area contributed by atoms with Gasteiger partial charge in [-0.15, -0.1) is 0 Å². The predicted molar refractivity (Wildman–Crippen MR) is 139 cm³/mol. The third kappa shape index (κ3) is 5.80. The number of hydrogen-bond donors (Lipinski definition) is 0. The van der Waals surface area contributed by atoms with E-state index in [1.165, 1.54) is 40.7 Å². The second-order valence-electron chi connectivity index (χ2n) is 8.33. The number of esters is 1. The summed E-state index contributed by atoms with van der Waals surface area (Å²) in [6.45, 7) is 8.98. The Morgan fingerprint density at radius 3 is 1.33 bits per heavy atom. The average Bonchev–Trinajstić information content (AvgIpc) is 2.86. The van der Waals surface area contributed by atoms with Gasteiger partial charge in [0.05, 0.1) is 0 Å². The van der Waals surface area contributed by atoms with Gasteiger partial charge >= 0.3 is 5.97 Å². The van der Waals surface area contributed by atoms with Crippen LogP contribution in [0.1, 0.15) is 44.4 Å². The van der Waals surface area contributed by atoms with E-state index >= 15 is 0 Å². The predicted octanol–water partition coefficient (Wildman–Crippen LogP) is 7.46. The Balaban J connectivity index is 2.17. The molecule has 0 bridgehead atoms. The molecule has 0 aromatic heterocycles. The van der Waals surface area contributed by atoms with Crippen molar-refractivity contribution >= 4 is 23.0 Å². The molecule has 0 amide bonds. The summed E-state index contributed by atoms with van der Waals surface area (Å²) in [7, 11) is 0. The Bertz CT molecular complexity index is 932. The summed E-state index contributed by atoms with van der Waals surface area (Å²) < 4.78 is 5.70. The van der Waals surface area contributed by atoms with E-state index in [1.54, 1.807) is 0 Å². The molecular formula is C30H36NO2+. The first kappa shape index (κ1) is 24.5. The van der Waals surface area contributed by atoms with Gasteiger partial charge in [0.2, 0.25) is 0 Å². The van der Waals surface area contributed by atoms with Gasteiger partial charge in [-0.1, -0.05) is 57.2 Å².